The first-order valence-corrected chi connectivity index (χ1v) is 12.9. The lowest BCUT2D eigenvalue weighted by molar-refractivity contribution is -0.136. The molecule has 2 aromatic rings. The average Bonchev–Trinajstić information content (AvgIpc) is 3.39. The average molecular weight is 490 g/mol. The zero-order valence-corrected chi connectivity index (χ0v) is 20.5. The van der Waals surface area contributed by atoms with Crippen molar-refractivity contribution in [1.29, 1.82) is 0 Å². The molecule has 4 heterocycles. The molecule has 0 aliphatic carbocycles. The number of likely N-dealkylation sites (tertiary alicyclic amines) is 1. The number of benzene rings is 2. The Morgan fingerprint density at radius 3 is 2.75 bits per heavy atom. The summed E-state index contributed by atoms with van der Waals surface area (Å²) in [7, 11) is 0. The first-order valence-electron chi connectivity index (χ1n) is 12.9. The molecule has 36 heavy (non-hydrogen) atoms. The molecule has 4 aliphatic heterocycles. The molecule has 1 spiro atoms. The van der Waals surface area contributed by atoms with Gasteiger partial charge in [-0.25, -0.2) is 0 Å². The Kier molecular flexibility index (Phi) is 5.71. The van der Waals surface area contributed by atoms with Crippen LogP contribution in [0.3, 0.4) is 0 Å². The van der Waals surface area contributed by atoms with Gasteiger partial charge in [0.2, 0.25) is 11.8 Å². The molecule has 1 unspecified atom stereocenters. The summed E-state index contributed by atoms with van der Waals surface area (Å²) in [4.78, 5) is 41.2. The van der Waals surface area contributed by atoms with E-state index >= 15 is 0 Å². The van der Waals surface area contributed by atoms with Gasteiger partial charge < -0.3 is 14.4 Å². The van der Waals surface area contributed by atoms with Crippen molar-refractivity contribution in [2.45, 2.75) is 57.2 Å². The third kappa shape index (κ3) is 3.84. The van der Waals surface area contributed by atoms with E-state index in [4.69, 9.17) is 9.47 Å². The molecule has 6 rings (SSSR count). The normalized spacial score (nSPS) is 22.9. The molecular weight excluding hydrogens is 458 g/mol. The Morgan fingerprint density at radius 2 is 1.97 bits per heavy atom. The zero-order chi connectivity index (χ0) is 24.9. The molecule has 2 fully saturated rings. The summed E-state index contributed by atoms with van der Waals surface area (Å²) in [5.41, 5.74) is 3.90. The second-order valence-corrected chi connectivity index (χ2v) is 10.3. The van der Waals surface area contributed by atoms with E-state index in [9.17, 15) is 14.4 Å². The Bertz CT molecular complexity index is 1230. The van der Waals surface area contributed by atoms with Gasteiger partial charge in [-0.3, -0.25) is 24.6 Å². The number of nitrogens with zero attached hydrogens (tertiary/aromatic N) is 2. The highest BCUT2D eigenvalue weighted by molar-refractivity contribution is 6.05. The van der Waals surface area contributed by atoms with Crippen LogP contribution >= 0.6 is 0 Å². The standard InChI is InChI=1S/C28H31N3O5/c1-2-35-19-5-3-4-18(14-19)15-30-12-10-28(11-13-30)17-36-25-21-16-31(23-8-9-24(32)29-26(23)33)27(34)20(21)6-7-22(25)28/h3-7,14,23H,2,8-13,15-17H2,1H3,(H,29,32,33). The van der Waals surface area contributed by atoms with Crippen LogP contribution in [0.5, 0.6) is 11.5 Å². The van der Waals surface area contributed by atoms with E-state index < -0.39 is 6.04 Å². The van der Waals surface area contributed by atoms with E-state index in [-0.39, 0.29) is 29.6 Å². The molecule has 1 atom stereocenters. The number of imide groups is 1. The molecule has 0 aromatic heterocycles. The van der Waals surface area contributed by atoms with Gasteiger partial charge in [0.15, 0.2) is 0 Å². The van der Waals surface area contributed by atoms with Crippen molar-refractivity contribution in [3.8, 4) is 11.5 Å². The maximum Gasteiger partial charge on any atom is 0.255 e. The summed E-state index contributed by atoms with van der Waals surface area (Å²) in [5, 5.41) is 2.37. The highest BCUT2D eigenvalue weighted by atomic mass is 16.5. The Labute approximate surface area is 210 Å². The first kappa shape index (κ1) is 23.0. The first-order chi connectivity index (χ1) is 17.5. The smallest absolute Gasteiger partial charge is 0.255 e. The van der Waals surface area contributed by atoms with Crippen molar-refractivity contribution in [1.82, 2.24) is 15.1 Å². The van der Waals surface area contributed by atoms with E-state index in [0.717, 1.165) is 49.5 Å². The Hall–Kier alpha value is -3.39. The molecular formula is C28H31N3O5. The van der Waals surface area contributed by atoms with E-state index in [1.165, 1.54) is 11.1 Å². The number of hydrogen-bond donors (Lipinski definition) is 1. The molecule has 8 nitrogen and oxygen atoms in total. The van der Waals surface area contributed by atoms with Gasteiger partial charge in [-0.1, -0.05) is 18.2 Å². The van der Waals surface area contributed by atoms with Gasteiger partial charge in [0.25, 0.3) is 5.91 Å². The monoisotopic (exact) mass is 489 g/mol. The number of piperidine rings is 2. The highest BCUT2D eigenvalue weighted by Gasteiger charge is 2.47. The molecule has 0 bridgehead atoms. The fourth-order valence-electron chi connectivity index (χ4n) is 6.20. The van der Waals surface area contributed by atoms with E-state index in [1.807, 2.05) is 25.1 Å². The minimum absolute atomic E-state index is 0.0425. The molecule has 3 amide bonds. The van der Waals surface area contributed by atoms with Crippen molar-refractivity contribution in [2.24, 2.45) is 0 Å². The predicted molar refractivity (Wildman–Crippen MR) is 132 cm³/mol. The van der Waals surface area contributed by atoms with Gasteiger partial charge in [0.05, 0.1) is 19.8 Å². The topological polar surface area (TPSA) is 88.2 Å². The lowest BCUT2D eigenvalue weighted by Crippen LogP contribution is -2.52. The maximum absolute atomic E-state index is 13.2. The Balaban J connectivity index is 1.17. The molecule has 2 saturated heterocycles. The van der Waals surface area contributed by atoms with Gasteiger partial charge in [-0.15, -0.1) is 0 Å². The summed E-state index contributed by atoms with van der Waals surface area (Å²) in [6.45, 7) is 6.47. The predicted octanol–water partition coefficient (Wildman–Crippen LogP) is 2.77. The third-order valence-corrected chi connectivity index (χ3v) is 8.16. The molecule has 188 valence electrons. The van der Waals surface area contributed by atoms with Crippen LogP contribution in [0.15, 0.2) is 36.4 Å². The van der Waals surface area contributed by atoms with E-state index in [1.54, 1.807) is 4.90 Å². The number of nitrogens with one attached hydrogen (secondary N) is 1. The molecule has 4 aliphatic rings. The van der Waals surface area contributed by atoms with Crippen LogP contribution in [0, 0.1) is 0 Å². The van der Waals surface area contributed by atoms with Gasteiger partial charge in [-0.2, -0.15) is 0 Å². The summed E-state index contributed by atoms with van der Waals surface area (Å²) >= 11 is 0. The quantitative estimate of drug-likeness (QED) is 0.650. The third-order valence-electron chi connectivity index (χ3n) is 8.16. The van der Waals surface area contributed by atoms with Crippen LogP contribution < -0.4 is 14.8 Å². The molecule has 2 aromatic carbocycles. The number of carbonyl (C=O) groups excluding carboxylic acids is 3. The van der Waals surface area contributed by atoms with Crippen LogP contribution in [-0.4, -0.2) is 59.9 Å². The molecule has 0 radical (unpaired) electrons. The molecule has 0 saturated carbocycles. The van der Waals surface area contributed by atoms with Gasteiger partial charge in [-0.05, 0) is 63.0 Å². The minimum atomic E-state index is -0.613. The Morgan fingerprint density at radius 1 is 1.14 bits per heavy atom. The lowest BCUT2D eigenvalue weighted by atomic mass is 9.74. The number of hydrogen-bond acceptors (Lipinski definition) is 6. The van der Waals surface area contributed by atoms with E-state index in [2.05, 4.69) is 28.4 Å². The van der Waals surface area contributed by atoms with Crippen LogP contribution in [0.2, 0.25) is 0 Å². The largest absolute Gasteiger partial charge is 0.494 e. The lowest BCUT2D eigenvalue weighted by Gasteiger charge is -2.38. The van der Waals surface area contributed by atoms with Crippen molar-refractivity contribution in [3.05, 3.63) is 58.7 Å². The van der Waals surface area contributed by atoms with Crippen LogP contribution in [0.4, 0.5) is 0 Å². The van der Waals surface area contributed by atoms with Gasteiger partial charge in [0.1, 0.15) is 17.5 Å². The minimum Gasteiger partial charge on any atom is -0.494 e. The van der Waals surface area contributed by atoms with Crippen molar-refractivity contribution in [3.63, 3.8) is 0 Å². The maximum atomic E-state index is 13.2. The summed E-state index contributed by atoms with van der Waals surface area (Å²) in [6.07, 6.45) is 2.60. The number of fused-ring (bicyclic) bond motifs is 4. The number of amides is 3. The van der Waals surface area contributed by atoms with Crippen LogP contribution in [0.1, 0.15) is 59.7 Å². The second-order valence-electron chi connectivity index (χ2n) is 10.3. The van der Waals surface area contributed by atoms with Crippen LogP contribution in [0.25, 0.3) is 0 Å². The van der Waals surface area contributed by atoms with E-state index in [0.29, 0.717) is 31.7 Å². The van der Waals surface area contributed by atoms with Crippen LogP contribution in [-0.2, 0) is 28.1 Å². The van der Waals surface area contributed by atoms with Crippen molar-refractivity contribution in [2.75, 3.05) is 26.3 Å². The summed E-state index contributed by atoms with van der Waals surface area (Å²) in [5.74, 6) is 0.918. The van der Waals surface area contributed by atoms with Crippen molar-refractivity contribution < 1.29 is 23.9 Å². The van der Waals surface area contributed by atoms with Crippen molar-refractivity contribution >= 4 is 17.7 Å². The van der Waals surface area contributed by atoms with Gasteiger partial charge >= 0.3 is 0 Å². The molecule has 8 heteroatoms. The zero-order valence-electron chi connectivity index (χ0n) is 20.5. The summed E-state index contributed by atoms with van der Waals surface area (Å²) in [6, 6.07) is 11.7. The fourth-order valence-corrected chi connectivity index (χ4v) is 6.20. The molecule has 1 N–H and O–H groups in total. The summed E-state index contributed by atoms with van der Waals surface area (Å²) < 4.78 is 11.9. The number of rotatable bonds is 5. The number of ether oxygens (including phenoxy) is 2. The van der Waals surface area contributed by atoms with Gasteiger partial charge in [0, 0.05) is 35.1 Å². The number of carbonyl (C=O) groups is 3. The highest BCUT2D eigenvalue weighted by Crippen LogP contribution is 2.49. The fraction of sp³-hybridized carbons (Fsp3) is 0.464. The second kappa shape index (κ2) is 8.92. The SMILES string of the molecule is CCOc1cccc(CN2CCC3(CC2)COc2c3ccc3c2CN(C2CCC(=O)NC2=O)C3=O)c1.